The number of hydrogen-bond donors (Lipinski definition) is 1. The number of carbonyl (C=O) groups excluding carboxylic acids is 1. The first-order valence-electron chi connectivity index (χ1n) is 7.52. The lowest BCUT2D eigenvalue weighted by Crippen LogP contribution is -2.32. The Hall–Kier alpha value is -1.39. The van der Waals surface area contributed by atoms with Crippen LogP contribution < -0.4 is 5.32 Å². The van der Waals surface area contributed by atoms with Crippen molar-refractivity contribution in [2.75, 3.05) is 0 Å². The first-order chi connectivity index (χ1) is 9.31. The smallest absolute Gasteiger partial charge is 0.273 e. The molecule has 0 aliphatic heterocycles. The second kappa shape index (κ2) is 5.72. The zero-order valence-electron chi connectivity index (χ0n) is 11.3. The fourth-order valence-corrected chi connectivity index (χ4v) is 3.28. The lowest BCUT2D eigenvalue weighted by Gasteiger charge is -2.09. The molecule has 0 unspecified atom stereocenters. The SMILES string of the molecule is O=C(NC1CCCC1)c1cn(CC2CCCC2)nn1. The molecule has 1 aromatic rings. The van der Waals surface area contributed by atoms with Gasteiger partial charge in [0.2, 0.25) is 0 Å². The molecular formula is C14H22N4O. The van der Waals surface area contributed by atoms with Gasteiger partial charge < -0.3 is 5.32 Å². The van der Waals surface area contributed by atoms with Gasteiger partial charge in [0.25, 0.3) is 5.91 Å². The van der Waals surface area contributed by atoms with E-state index in [2.05, 4.69) is 15.6 Å². The van der Waals surface area contributed by atoms with Gasteiger partial charge in [0, 0.05) is 12.6 Å². The Labute approximate surface area is 113 Å². The summed E-state index contributed by atoms with van der Waals surface area (Å²) in [6.07, 6.45) is 11.7. The Morgan fingerprint density at radius 2 is 1.89 bits per heavy atom. The van der Waals surface area contributed by atoms with E-state index in [9.17, 15) is 4.79 Å². The molecular weight excluding hydrogens is 240 g/mol. The predicted molar refractivity (Wildman–Crippen MR) is 71.7 cm³/mol. The van der Waals surface area contributed by atoms with Gasteiger partial charge in [0.15, 0.2) is 5.69 Å². The van der Waals surface area contributed by atoms with Crippen LogP contribution in [-0.2, 0) is 6.54 Å². The topological polar surface area (TPSA) is 59.8 Å². The molecule has 2 aliphatic rings. The van der Waals surface area contributed by atoms with E-state index in [1.165, 1.54) is 38.5 Å². The molecule has 0 atom stereocenters. The summed E-state index contributed by atoms with van der Waals surface area (Å²) in [5.41, 5.74) is 0.463. The number of nitrogens with one attached hydrogen (secondary N) is 1. The Bertz CT molecular complexity index is 430. The third-order valence-electron chi connectivity index (χ3n) is 4.38. The zero-order chi connectivity index (χ0) is 13.1. The maximum Gasteiger partial charge on any atom is 0.273 e. The highest BCUT2D eigenvalue weighted by Gasteiger charge is 2.21. The molecule has 1 heterocycles. The average molecular weight is 262 g/mol. The molecule has 0 spiro atoms. The van der Waals surface area contributed by atoms with Gasteiger partial charge in [-0.2, -0.15) is 0 Å². The molecule has 0 saturated heterocycles. The van der Waals surface area contributed by atoms with Crippen molar-refractivity contribution in [3.8, 4) is 0 Å². The molecule has 0 bridgehead atoms. The molecule has 0 radical (unpaired) electrons. The lowest BCUT2D eigenvalue weighted by atomic mass is 10.1. The second-order valence-corrected chi connectivity index (χ2v) is 5.93. The second-order valence-electron chi connectivity index (χ2n) is 5.93. The molecule has 3 rings (SSSR count). The van der Waals surface area contributed by atoms with Crippen LogP contribution in [-0.4, -0.2) is 26.9 Å². The van der Waals surface area contributed by atoms with Crippen molar-refractivity contribution in [3.63, 3.8) is 0 Å². The van der Waals surface area contributed by atoms with Gasteiger partial charge >= 0.3 is 0 Å². The maximum absolute atomic E-state index is 12.0. The van der Waals surface area contributed by atoms with Gasteiger partial charge in [0.1, 0.15) is 0 Å². The van der Waals surface area contributed by atoms with Crippen LogP contribution in [0.3, 0.4) is 0 Å². The normalized spacial score (nSPS) is 21.1. The molecule has 1 N–H and O–H groups in total. The van der Waals surface area contributed by atoms with Crippen LogP contribution in [0.1, 0.15) is 61.9 Å². The average Bonchev–Trinajstić information content (AvgIpc) is 3.10. The third kappa shape index (κ3) is 3.14. The van der Waals surface area contributed by atoms with Crippen molar-refractivity contribution < 1.29 is 4.79 Å². The monoisotopic (exact) mass is 262 g/mol. The van der Waals surface area contributed by atoms with Gasteiger partial charge in [0.05, 0.1) is 6.20 Å². The van der Waals surface area contributed by atoms with Crippen molar-refractivity contribution in [2.45, 2.75) is 64.0 Å². The summed E-state index contributed by atoms with van der Waals surface area (Å²) < 4.78 is 1.83. The number of amides is 1. The maximum atomic E-state index is 12.0. The number of aromatic nitrogens is 3. The van der Waals surface area contributed by atoms with Crippen LogP contribution in [0, 0.1) is 5.92 Å². The minimum absolute atomic E-state index is 0.0652. The van der Waals surface area contributed by atoms with E-state index in [1.54, 1.807) is 6.20 Å². The van der Waals surface area contributed by atoms with Crippen LogP contribution >= 0.6 is 0 Å². The molecule has 19 heavy (non-hydrogen) atoms. The molecule has 0 aromatic carbocycles. The molecule has 5 heteroatoms. The van der Waals surface area contributed by atoms with E-state index in [-0.39, 0.29) is 5.91 Å². The van der Waals surface area contributed by atoms with Crippen LogP contribution in [0.5, 0.6) is 0 Å². The molecule has 2 saturated carbocycles. The van der Waals surface area contributed by atoms with Crippen molar-refractivity contribution in [2.24, 2.45) is 5.92 Å². The van der Waals surface area contributed by atoms with Crippen LogP contribution in [0.15, 0.2) is 6.20 Å². The van der Waals surface area contributed by atoms with Gasteiger partial charge in [-0.1, -0.05) is 30.9 Å². The zero-order valence-corrected chi connectivity index (χ0v) is 11.3. The fourth-order valence-electron chi connectivity index (χ4n) is 3.28. The predicted octanol–water partition coefficient (Wildman–Crippen LogP) is 2.14. The number of rotatable bonds is 4. The largest absolute Gasteiger partial charge is 0.348 e. The molecule has 104 valence electrons. The van der Waals surface area contributed by atoms with Crippen LogP contribution in [0.4, 0.5) is 0 Å². The molecule has 5 nitrogen and oxygen atoms in total. The van der Waals surface area contributed by atoms with Crippen molar-refractivity contribution in [3.05, 3.63) is 11.9 Å². The minimum atomic E-state index is -0.0652. The molecule has 2 fully saturated rings. The summed E-state index contributed by atoms with van der Waals surface area (Å²) in [5, 5.41) is 11.1. The first-order valence-corrected chi connectivity index (χ1v) is 7.52. The summed E-state index contributed by atoms with van der Waals surface area (Å²) in [6, 6.07) is 0.340. The van der Waals surface area contributed by atoms with E-state index in [4.69, 9.17) is 0 Å². The quantitative estimate of drug-likeness (QED) is 0.904. The minimum Gasteiger partial charge on any atom is -0.348 e. The highest BCUT2D eigenvalue weighted by Crippen LogP contribution is 2.25. The van der Waals surface area contributed by atoms with E-state index in [0.717, 1.165) is 19.4 Å². The summed E-state index contributed by atoms with van der Waals surface area (Å²) in [7, 11) is 0. The van der Waals surface area contributed by atoms with Gasteiger partial charge in [-0.05, 0) is 31.6 Å². The summed E-state index contributed by atoms with van der Waals surface area (Å²) in [4.78, 5) is 12.0. The summed E-state index contributed by atoms with van der Waals surface area (Å²) in [5.74, 6) is 0.650. The van der Waals surface area contributed by atoms with Crippen LogP contribution in [0.25, 0.3) is 0 Å². The number of nitrogens with zero attached hydrogens (tertiary/aromatic N) is 3. The number of hydrogen-bond acceptors (Lipinski definition) is 3. The Morgan fingerprint density at radius 3 is 2.63 bits per heavy atom. The molecule has 1 aromatic heterocycles. The highest BCUT2D eigenvalue weighted by molar-refractivity contribution is 5.92. The Balaban J connectivity index is 1.55. The van der Waals surface area contributed by atoms with Crippen molar-refractivity contribution in [1.82, 2.24) is 20.3 Å². The lowest BCUT2D eigenvalue weighted by molar-refractivity contribution is 0.0932. The van der Waals surface area contributed by atoms with Crippen molar-refractivity contribution in [1.29, 1.82) is 0 Å². The molecule has 1 amide bonds. The van der Waals surface area contributed by atoms with Crippen molar-refractivity contribution >= 4 is 5.91 Å². The van der Waals surface area contributed by atoms with Gasteiger partial charge in [-0.25, -0.2) is 0 Å². The Kier molecular flexibility index (Phi) is 3.80. The van der Waals surface area contributed by atoms with Gasteiger partial charge in [-0.3, -0.25) is 9.48 Å². The van der Waals surface area contributed by atoms with E-state index in [1.807, 2.05) is 4.68 Å². The fraction of sp³-hybridized carbons (Fsp3) is 0.786. The van der Waals surface area contributed by atoms with Crippen LogP contribution in [0.2, 0.25) is 0 Å². The molecule has 2 aliphatic carbocycles. The summed E-state index contributed by atoms with van der Waals surface area (Å²) in [6.45, 7) is 0.906. The van der Waals surface area contributed by atoms with E-state index < -0.39 is 0 Å². The third-order valence-corrected chi connectivity index (χ3v) is 4.38. The van der Waals surface area contributed by atoms with E-state index in [0.29, 0.717) is 17.7 Å². The highest BCUT2D eigenvalue weighted by atomic mass is 16.2. The van der Waals surface area contributed by atoms with Gasteiger partial charge in [-0.15, -0.1) is 5.10 Å². The standard InChI is InChI=1S/C14H22N4O/c19-14(15-12-7-3-4-8-12)13-10-18(17-16-13)9-11-5-1-2-6-11/h10-12H,1-9H2,(H,15,19). The Morgan fingerprint density at radius 1 is 1.21 bits per heavy atom. The number of carbonyl (C=O) groups is 1. The summed E-state index contributed by atoms with van der Waals surface area (Å²) >= 11 is 0. The first kappa shape index (κ1) is 12.6. The van der Waals surface area contributed by atoms with E-state index >= 15 is 0 Å².